The van der Waals surface area contributed by atoms with Gasteiger partial charge in [-0.15, -0.1) is 0 Å². The van der Waals surface area contributed by atoms with Crippen molar-refractivity contribution in [1.82, 2.24) is 14.5 Å². The summed E-state index contributed by atoms with van der Waals surface area (Å²) in [5.41, 5.74) is 3.51. The summed E-state index contributed by atoms with van der Waals surface area (Å²) < 4.78 is 22.2. The van der Waals surface area contributed by atoms with Crippen LogP contribution in [0.25, 0.3) is 11.0 Å². The Morgan fingerprint density at radius 2 is 1.92 bits per heavy atom. The summed E-state index contributed by atoms with van der Waals surface area (Å²) in [4.78, 5) is 18.4. The second-order valence-corrected chi connectivity index (χ2v) is 9.64. The first-order valence-electron chi connectivity index (χ1n) is 12.0. The SMILES string of the molecule is Cn1c(CN2CCC(c3ccccc3OCc3ccc(Cl)cc3F)CC2)nc2ccc(C(=O)O)cc21. The van der Waals surface area contributed by atoms with Crippen LogP contribution in [0.5, 0.6) is 5.75 Å². The van der Waals surface area contributed by atoms with Crippen molar-refractivity contribution in [2.75, 3.05) is 13.1 Å². The van der Waals surface area contributed by atoms with Crippen LogP contribution in [0.4, 0.5) is 4.39 Å². The number of imidazole rings is 1. The highest BCUT2D eigenvalue weighted by atomic mass is 35.5. The van der Waals surface area contributed by atoms with E-state index in [2.05, 4.69) is 11.0 Å². The fourth-order valence-electron chi connectivity index (χ4n) is 4.86. The van der Waals surface area contributed by atoms with Gasteiger partial charge in [-0.05, 0) is 73.8 Å². The van der Waals surface area contributed by atoms with Crippen LogP contribution in [-0.4, -0.2) is 38.6 Å². The standard InChI is InChI=1S/C28H27ClFN3O3/c1-32-25-14-19(28(34)35)7-9-24(25)31-27(32)16-33-12-10-18(11-13-33)22-4-2-3-5-26(22)36-17-20-6-8-21(29)15-23(20)30/h2-9,14-15,18H,10-13,16-17H2,1H3,(H,34,35). The molecule has 0 spiro atoms. The molecule has 3 aromatic carbocycles. The summed E-state index contributed by atoms with van der Waals surface area (Å²) in [5.74, 6) is 0.749. The van der Waals surface area contributed by atoms with E-state index in [1.54, 1.807) is 30.3 Å². The third-order valence-electron chi connectivity index (χ3n) is 6.93. The van der Waals surface area contributed by atoms with Crippen molar-refractivity contribution >= 4 is 28.6 Å². The van der Waals surface area contributed by atoms with Gasteiger partial charge in [0.15, 0.2) is 0 Å². The molecule has 4 aromatic rings. The van der Waals surface area contributed by atoms with Crippen LogP contribution in [0.3, 0.4) is 0 Å². The molecule has 1 aliphatic heterocycles. The van der Waals surface area contributed by atoms with Crippen LogP contribution >= 0.6 is 11.6 Å². The molecule has 0 bridgehead atoms. The van der Waals surface area contributed by atoms with E-state index in [4.69, 9.17) is 21.3 Å². The monoisotopic (exact) mass is 507 g/mol. The maximum atomic E-state index is 14.2. The van der Waals surface area contributed by atoms with Gasteiger partial charge in [-0.1, -0.05) is 35.9 Å². The van der Waals surface area contributed by atoms with Gasteiger partial charge in [-0.2, -0.15) is 0 Å². The van der Waals surface area contributed by atoms with Gasteiger partial charge in [0.1, 0.15) is 24.0 Å². The molecule has 0 unspecified atom stereocenters. The zero-order chi connectivity index (χ0) is 25.2. The molecule has 0 aliphatic carbocycles. The van der Waals surface area contributed by atoms with E-state index in [0.717, 1.165) is 54.1 Å². The Morgan fingerprint density at radius 3 is 2.67 bits per heavy atom. The third kappa shape index (κ3) is 5.08. The summed E-state index contributed by atoms with van der Waals surface area (Å²) in [6, 6.07) is 17.7. The van der Waals surface area contributed by atoms with Crippen molar-refractivity contribution in [2.45, 2.75) is 31.9 Å². The molecule has 0 radical (unpaired) electrons. The highest BCUT2D eigenvalue weighted by molar-refractivity contribution is 6.30. The summed E-state index contributed by atoms with van der Waals surface area (Å²) in [6.07, 6.45) is 1.95. The molecule has 1 aromatic heterocycles. The van der Waals surface area contributed by atoms with Crippen LogP contribution in [0.2, 0.25) is 5.02 Å². The maximum absolute atomic E-state index is 14.2. The second kappa shape index (κ2) is 10.3. The summed E-state index contributed by atoms with van der Waals surface area (Å²) in [7, 11) is 1.93. The molecule has 8 heteroatoms. The number of carboxylic acids is 1. The van der Waals surface area contributed by atoms with Gasteiger partial charge in [0.2, 0.25) is 0 Å². The molecular formula is C28H27ClFN3O3. The molecule has 5 rings (SSSR count). The number of halogens is 2. The topological polar surface area (TPSA) is 67.6 Å². The van der Waals surface area contributed by atoms with Crippen molar-refractivity contribution in [3.8, 4) is 5.75 Å². The lowest BCUT2D eigenvalue weighted by Crippen LogP contribution is -2.33. The van der Waals surface area contributed by atoms with Crippen LogP contribution in [0.15, 0.2) is 60.7 Å². The Bertz CT molecular complexity index is 1410. The fourth-order valence-corrected chi connectivity index (χ4v) is 5.02. The number of carbonyl (C=O) groups is 1. The van der Waals surface area contributed by atoms with Gasteiger partial charge in [-0.25, -0.2) is 14.2 Å². The number of para-hydroxylation sites is 1. The Labute approximate surface area is 213 Å². The number of hydrogen-bond acceptors (Lipinski definition) is 4. The average molecular weight is 508 g/mol. The Balaban J connectivity index is 1.23. The lowest BCUT2D eigenvalue weighted by molar-refractivity contribution is 0.0697. The molecule has 2 heterocycles. The number of aromatic nitrogens is 2. The van der Waals surface area contributed by atoms with Crippen molar-refractivity contribution in [3.63, 3.8) is 0 Å². The second-order valence-electron chi connectivity index (χ2n) is 9.21. The number of hydrogen-bond donors (Lipinski definition) is 1. The quantitative estimate of drug-likeness (QED) is 0.331. The summed E-state index contributed by atoms with van der Waals surface area (Å²) in [5, 5.41) is 9.65. The number of fused-ring (bicyclic) bond motifs is 1. The summed E-state index contributed by atoms with van der Waals surface area (Å²) in [6.45, 7) is 2.67. The van der Waals surface area contributed by atoms with E-state index in [0.29, 0.717) is 23.0 Å². The maximum Gasteiger partial charge on any atom is 0.335 e. The highest BCUT2D eigenvalue weighted by Crippen LogP contribution is 2.35. The van der Waals surface area contributed by atoms with Crippen LogP contribution in [0.1, 0.15) is 46.1 Å². The van der Waals surface area contributed by atoms with Crippen molar-refractivity contribution in [3.05, 3.63) is 94.0 Å². The zero-order valence-corrected chi connectivity index (χ0v) is 20.7. The van der Waals surface area contributed by atoms with E-state index < -0.39 is 5.97 Å². The molecule has 0 saturated carbocycles. The average Bonchev–Trinajstić information content (AvgIpc) is 3.18. The van der Waals surface area contributed by atoms with Gasteiger partial charge >= 0.3 is 5.97 Å². The van der Waals surface area contributed by atoms with Crippen molar-refractivity contribution in [2.24, 2.45) is 7.05 Å². The fraction of sp³-hybridized carbons (Fsp3) is 0.286. The van der Waals surface area contributed by atoms with Crippen LogP contribution in [-0.2, 0) is 20.2 Å². The van der Waals surface area contributed by atoms with Crippen molar-refractivity contribution < 1.29 is 19.0 Å². The number of benzene rings is 3. The molecule has 0 atom stereocenters. The Kier molecular flexibility index (Phi) is 6.94. The largest absolute Gasteiger partial charge is 0.489 e. The first-order valence-corrected chi connectivity index (χ1v) is 12.3. The third-order valence-corrected chi connectivity index (χ3v) is 7.17. The number of nitrogens with zero attached hydrogens (tertiary/aromatic N) is 3. The van der Waals surface area contributed by atoms with Crippen molar-refractivity contribution in [1.29, 1.82) is 0 Å². The minimum Gasteiger partial charge on any atom is -0.489 e. The molecule has 36 heavy (non-hydrogen) atoms. The molecule has 1 fully saturated rings. The first kappa shape index (κ1) is 24.3. The van der Waals surface area contributed by atoms with Gasteiger partial charge in [0, 0.05) is 17.6 Å². The van der Waals surface area contributed by atoms with Gasteiger partial charge in [0.25, 0.3) is 0 Å². The molecule has 6 nitrogen and oxygen atoms in total. The normalized spacial score (nSPS) is 14.9. The predicted octanol–water partition coefficient (Wildman–Crippen LogP) is 6.02. The summed E-state index contributed by atoms with van der Waals surface area (Å²) >= 11 is 5.86. The number of carboxylic acid groups (broad SMARTS) is 1. The minimum absolute atomic E-state index is 0.148. The van der Waals surface area contributed by atoms with E-state index >= 15 is 0 Å². The van der Waals surface area contributed by atoms with E-state index in [1.165, 1.54) is 6.07 Å². The molecule has 186 valence electrons. The number of rotatable bonds is 7. The number of likely N-dealkylation sites (tertiary alicyclic amines) is 1. The van der Waals surface area contributed by atoms with Gasteiger partial charge in [-0.3, -0.25) is 4.90 Å². The number of ether oxygens (including phenoxy) is 1. The van der Waals surface area contributed by atoms with Crippen LogP contribution in [0, 0.1) is 5.82 Å². The first-order chi connectivity index (χ1) is 17.4. The number of piperidine rings is 1. The predicted molar refractivity (Wildman–Crippen MR) is 137 cm³/mol. The molecule has 1 aliphatic rings. The Hall–Kier alpha value is -3.42. The van der Waals surface area contributed by atoms with E-state index in [-0.39, 0.29) is 18.0 Å². The van der Waals surface area contributed by atoms with Crippen LogP contribution < -0.4 is 4.74 Å². The molecule has 1 N–H and O–H groups in total. The zero-order valence-electron chi connectivity index (χ0n) is 20.0. The number of aromatic carboxylic acids is 1. The highest BCUT2D eigenvalue weighted by Gasteiger charge is 2.24. The molecule has 1 saturated heterocycles. The lowest BCUT2D eigenvalue weighted by Gasteiger charge is -2.32. The molecular weight excluding hydrogens is 481 g/mol. The minimum atomic E-state index is -0.940. The lowest BCUT2D eigenvalue weighted by atomic mass is 9.89. The van der Waals surface area contributed by atoms with Gasteiger partial charge < -0.3 is 14.4 Å². The van der Waals surface area contributed by atoms with Gasteiger partial charge in [0.05, 0.1) is 23.1 Å². The smallest absolute Gasteiger partial charge is 0.335 e. The molecule has 0 amide bonds. The number of aryl methyl sites for hydroxylation is 1. The van der Waals surface area contributed by atoms with E-state index in [1.807, 2.05) is 29.8 Å². The van der Waals surface area contributed by atoms with E-state index in [9.17, 15) is 14.3 Å². The Morgan fingerprint density at radius 1 is 1.14 bits per heavy atom.